The van der Waals surface area contributed by atoms with Gasteiger partial charge in [0, 0.05) is 26.2 Å². The maximum Gasteiger partial charge on any atom is 0.211 e. The van der Waals surface area contributed by atoms with Crippen LogP contribution in [0.2, 0.25) is 0 Å². The Hall–Kier alpha value is -1.09. The van der Waals surface area contributed by atoms with Crippen LogP contribution < -0.4 is 0 Å². The minimum absolute atomic E-state index is 0.253. The number of hydrogen-bond acceptors (Lipinski definition) is 4. The van der Waals surface area contributed by atoms with Gasteiger partial charge in [-0.3, -0.25) is 4.90 Å². The number of sulfonamides is 1. The van der Waals surface area contributed by atoms with Crippen LogP contribution in [0.15, 0.2) is 18.2 Å². The van der Waals surface area contributed by atoms with E-state index in [1.54, 1.807) is 0 Å². The van der Waals surface area contributed by atoms with E-state index in [-0.39, 0.29) is 6.54 Å². The molecule has 1 unspecified atom stereocenters. The highest BCUT2D eigenvalue weighted by molar-refractivity contribution is 7.88. The minimum atomic E-state index is -3.21. The molecule has 1 N–H and O–H groups in total. The van der Waals surface area contributed by atoms with E-state index in [0.29, 0.717) is 38.2 Å². The molecule has 0 saturated carbocycles. The SMILES string of the molecule is CS(=O)(=O)N1CCCN(CC(O)c2ccc(F)c(F)c2)CC1. The molecule has 1 heterocycles. The zero-order chi connectivity index (χ0) is 16.3. The monoisotopic (exact) mass is 334 g/mol. The average molecular weight is 334 g/mol. The average Bonchev–Trinajstić information content (AvgIpc) is 2.67. The van der Waals surface area contributed by atoms with Crippen LogP contribution in [-0.2, 0) is 10.0 Å². The highest BCUT2D eigenvalue weighted by atomic mass is 32.2. The van der Waals surface area contributed by atoms with Crippen LogP contribution in [-0.4, -0.2) is 61.7 Å². The number of β-amino-alcohol motifs (C(OH)–C–C–N with tert-alkyl or cyclic N) is 1. The lowest BCUT2D eigenvalue weighted by Gasteiger charge is -2.23. The first-order valence-electron chi connectivity index (χ1n) is 7.08. The topological polar surface area (TPSA) is 60.9 Å². The molecule has 0 aromatic heterocycles. The predicted octanol–water partition coefficient (Wildman–Crippen LogP) is 0.965. The Bertz CT molecular complexity index is 625. The van der Waals surface area contributed by atoms with Crippen molar-refractivity contribution in [3.63, 3.8) is 0 Å². The van der Waals surface area contributed by atoms with Crippen LogP contribution in [0.3, 0.4) is 0 Å². The number of rotatable bonds is 4. The summed E-state index contributed by atoms with van der Waals surface area (Å²) >= 11 is 0. The maximum atomic E-state index is 13.2. The Kier molecular flexibility index (Phi) is 5.49. The normalized spacial score (nSPS) is 19.8. The van der Waals surface area contributed by atoms with E-state index in [1.165, 1.54) is 16.6 Å². The number of nitrogens with zero attached hydrogens (tertiary/aromatic N) is 2. The first-order chi connectivity index (χ1) is 10.3. The molecular weight excluding hydrogens is 314 g/mol. The van der Waals surface area contributed by atoms with Gasteiger partial charge in [-0.1, -0.05) is 6.07 Å². The van der Waals surface area contributed by atoms with E-state index in [1.807, 2.05) is 4.90 Å². The van der Waals surface area contributed by atoms with Crippen LogP contribution in [0.5, 0.6) is 0 Å². The highest BCUT2D eigenvalue weighted by Gasteiger charge is 2.23. The molecule has 0 bridgehead atoms. The second-order valence-electron chi connectivity index (χ2n) is 5.51. The number of halogens is 2. The van der Waals surface area contributed by atoms with Gasteiger partial charge < -0.3 is 5.11 Å². The van der Waals surface area contributed by atoms with Crippen molar-refractivity contribution in [3.05, 3.63) is 35.4 Å². The Morgan fingerprint density at radius 1 is 1.18 bits per heavy atom. The lowest BCUT2D eigenvalue weighted by molar-refractivity contribution is 0.115. The first kappa shape index (κ1) is 17.3. The zero-order valence-electron chi connectivity index (χ0n) is 12.4. The van der Waals surface area contributed by atoms with Crippen LogP contribution in [0, 0.1) is 11.6 Å². The smallest absolute Gasteiger partial charge is 0.211 e. The molecule has 1 saturated heterocycles. The van der Waals surface area contributed by atoms with Gasteiger partial charge in [0.2, 0.25) is 10.0 Å². The summed E-state index contributed by atoms with van der Waals surface area (Å²) < 4.78 is 50.6. The van der Waals surface area contributed by atoms with E-state index < -0.39 is 27.8 Å². The van der Waals surface area contributed by atoms with Crippen LogP contribution in [0.25, 0.3) is 0 Å². The van der Waals surface area contributed by atoms with Crippen molar-refractivity contribution in [2.75, 3.05) is 39.0 Å². The Morgan fingerprint density at radius 2 is 1.91 bits per heavy atom. The third-order valence-corrected chi connectivity index (χ3v) is 5.08. The van der Waals surface area contributed by atoms with Crippen LogP contribution in [0.1, 0.15) is 18.1 Å². The van der Waals surface area contributed by atoms with Gasteiger partial charge in [-0.05, 0) is 30.7 Å². The van der Waals surface area contributed by atoms with E-state index >= 15 is 0 Å². The molecule has 0 spiro atoms. The van der Waals surface area contributed by atoms with Gasteiger partial charge in [0.15, 0.2) is 11.6 Å². The fourth-order valence-electron chi connectivity index (χ4n) is 2.53. The molecule has 1 fully saturated rings. The zero-order valence-corrected chi connectivity index (χ0v) is 13.2. The fourth-order valence-corrected chi connectivity index (χ4v) is 3.41. The van der Waals surface area contributed by atoms with Crippen molar-refractivity contribution >= 4 is 10.0 Å². The summed E-state index contributed by atoms with van der Waals surface area (Å²) in [6, 6.07) is 3.33. The van der Waals surface area contributed by atoms with Gasteiger partial charge in [-0.2, -0.15) is 0 Å². The third kappa shape index (κ3) is 4.45. The van der Waals surface area contributed by atoms with Gasteiger partial charge >= 0.3 is 0 Å². The number of aliphatic hydroxyl groups is 1. The standard InChI is InChI=1S/C14H20F2N2O3S/c1-22(20,21)18-6-2-5-17(7-8-18)10-14(19)11-3-4-12(15)13(16)9-11/h3-4,9,14,19H,2,5-8,10H2,1H3. The molecule has 1 atom stereocenters. The Balaban J connectivity index is 1.97. The van der Waals surface area contributed by atoms with Crippen molar-refractivity contribution in [3.8, 4) is 0 Å². The molecule has 1 aliphatic heterocycles. The highest BCUT2D eigenvalue weighted by Crippen LogP contribution is 2.18. The molecule has 0 aliphatic carbocycles. The van der Waals surface area contributed by atoms with Crippen LogP contribution in [0.4, 0.5) is 8.78 Å². The maximum absolute atomic E-state index is 13.2. The van der Waals surface area contributed by atoms with Gasteiger partial charge in [0.25, 0.3) is 0 Å². The van der Waals surface area contributed by atoms with E-state index in [4.69, 9.17) is 0 Å². The summed E-state index contributed by atoms with van der Waals surface area (Å²) in [5.74, 6) is -1.94. The molecular formula is C14H20F2N2O3S. The molecule has 5 nitrogen and oxygen atoms in total. The second kappa shape index (κ2) is 6.99. The summed E-state index contributed by atoms with van der Waals surface area (Å²) in [5.41, 5.74) is 0.308. The molecule has 2 rings (SSSR count). The van der Waals surface area contributed by atoms with E-state index in [0.717, 1.165) is 12.1 Å². The lowest BCUT2D eigenvalue weighted by Crippen LogP contribution is -2.35. The molecule has 0 radical (unpaired) electrons. The fraction of sp³-hybridized carbons (Fsp3) is 0.571. The summed E-state index contributed by atoms with van der Waals surface area (Å²) in [6.45, 7) is 2.21. The number of benzene rings is 1. The van der Waals surface area contributed by atoms with Crippen LogP contribution >= 0.6 is 0 Å². The molecule has 1 aromatic rings. The van der Waals surface area contributed by atoms with Crippen molar-refractivity contribution in [1.82, 2.24) is 9.21 Å². The summed E-state index contributed by atoms with van der Waals surface area (Å²) in [4.78, 5) is 1.93. The molecule has 124 valence electrons. The number of hydrogen-bond donors (Lipinski definition) is 1. The van der Waals surface area contributed by atoms with Crippen molar-refractivity contribution in [2.24, 2.45) is 0 Å². The Labute approximate surface area is 129 Å². The van der Waals surface area contributed by atoms with E-state index in [9.17, 15) is 22.3 Å². The summed E-state index contributed by atoms with van der Waals surface area (Å²) in [5, 5.41) is 10.1. The predicted molar refractivity (Wildman–Crippen MR) is 78.8 cm³/mol. The van der Waals surface area contributed by atoms with Gasteiger partial charge in [-0.25, -0.2) is 21.5 Å². The molecule has 22 heavy (non-hydrogen) atoms. The van der Waals surface area contributed by atoms with Crippen molar-refractivity contribution in [2.45, 2.75) is 12.5 Å². The first-order valence-corrected chi connectivity index (χ1v) is 8.92. The number of aliphatic hydroxyl groups excluding tert-OH is 1. The van der Waals surface area contributed by atoms with Crippen molar-refractivity contribution in [1.29, 1.82) is 0 Å². The second-order valence-corrected chi connectivity index (χ2v) is 7.49. The largest absolute Gasteiger partial charge is 0.387 e. The van der Waals surface area contributed by atoms with E-state index in [2.05, 4.69) is 0 Å². The quantitative estimate of drug-likeness (QED) is 0.891. The van der Waals surface area contributed by atoms with Gasteiger partial charge in [-0.15, -0.1) is 0 Å². The molecule has 8 heteroatoms. The Morgan fingerprint density at radius 3 is 2.55 bits per heavy atom. The third-order valence-electron chi connectivity index (χ3n) is 3.78. The molecule has 0 amide bonds. The lowest BCUT2D eigenvalue weighted by atomic mass is 10.1. The summed E-state index contributed by atoms with van der Waals surface area (Å²) in [6.07, 6.45) is 0.899. The molecule has 1 aromatic carbocycles. The summed E-state index contributed by atoms with van der Waals surface area (Å²) in [7, 11) is -3.21. The van der Waals surface area contributed by atoms with Gasteiger partial charge in [0.1, 0.15) is 0 Å². The van der Waals surface area contributed by atoms with Gasteiger partial charge in [0.05, 0.1) is 12.4 Å². The van der Waals surface area contributed by atoms with Crippen molar-refractivity contribution < 1.29 is 22.3 Å². The minimum Gasteiger partial charge on any atom is -0.387 e. The molecule has 1 aliphatic rings.